The van der Waals surface area contributed by atoms with Gasteiger partial charge in [-0.05, 0) is 66.4 Å². The van der Waals surface area contributed by atoms with Gasteiger partial charge in [-0.25, -0.2) is 0 Å². The second-order valence-electron chi connectivity index (χ2n) is 10.8. The molecule has 4 heteroatoms. The largest absolute Gasteiger partial charge is 0.386 e. The normalized spacial score (nSPS) is 55.7. The molecule has 28 heavy (non-hydrogen) atoms. The Labute approximate surface area is 168 Å². The molecule has 0 bridgehead atoms. The first-order valence-electron chi connectivity index (χ1n) is 11.4. The standard InChI is InChI=1S/C24H34O4/c1-13(22-26-10-11-27-22)16-6-7-17-15-5-4-14-12-19(25)20-21(28-20)24(14,3)18(15)8-9-23(16,17)2/h4-5,12-13,15-22,25H,6-11H2,1-3H3/t13?,15-,16+,17-,18-,19?,20-,21-,23+,24-/m0/s1. The molecule has 10 atom stereocenters. The maximum atomic E-state index is 10.3. The zero-order valence-electron chi connectivity index (χ0n) is 17.3. The van der Waals surface area contributed by atoms with Crippen LogP contribution in [0.25, 0.3) is 0 Å². The molecule has 4 nitrogen and oxygen atoms in total. The van der Waals surface area contributed by atoms with E-state index in [0.29, 0.717) is 29.1 Å². The molecule has 2 saturated carbocycles. The summed E-state index contributed by atoms with van der Waals surface area (Å²) < 4.78 is 17.8. The van der Waals surface area contributed by atoms with E-state index in [9.17, 15) is 5.11 Å². The van der Waals surface area contributed by atoms with Gasteiger partial charge in [0.15, 0.2) is 6.29 Å². The summed E-state index contributed by atoms with van der Waals surface area (Å²) in [7, 11) is 0. The molecule has 6 rings (SSSR count). The highest BCUT2D eigenvalue weighted by atomic mass is 16.7. The molecule has 2 heterocycles. The minimum absolute atomic E-state index is 0.00676. The molecule has 2 unspecified atom stereocenters. The lowest BCUT2D eigenvalue weighted by Crippen LogP contribution is -2.52. The zero-order chi connectivity index (χ0) is 19.3. The Kier molecular flexibility index (Phi) is 3.84. The van der Waals surface area contributed by atoms with E-state index in [1.165, 1.54) is 31.3 Å². The average molecular weight is 387 g/mol. The van der Waals surface area contributed by atoms with Crippen LogP contribution in [0.1, 0.15) is 46.5 Å². The van der Waals surface area contributed by atoms with E-state index in [2.05, 4.69) is 39.0 Å². The first-order chi connectivity index (χ1) is 13.4. The van der Waals surface area contributed by atoms with Gasteiger partial charge in [0, 0.05) is 11.3 Å². The molecular weight excluding hydrogens is 352 g/mol. The Morgan fingerprint density at radius 1 is 1.11 bits per heavy atom. The predicted molar refractivity (Wildman–Crippen MR) is 105 cm³/mol. The van der Waals surface area contributed by atoms with Gasteiger partial charge in [-0.15, -0.1) is 0 Å². The summed E-state index contributed by atoms with van der Waals surface area (Å²) in [6, 6.07) is 0. The van der Waals surface area contributed by atoms with Crippen LogP contribution in [0.15, 0.2) is 23.8 Å². The summed E-state index contributed by atoms with van der Waals surface area (Å²) in [6.07, 6.45) is 11.9. The lowest BCUT2D eigenvalue weighted by atomic mass is 9.48. The Bertz CT molecular complexity index is 724. The third kappa shape index (κ3) is 2.21. The molecule has 0 aromatic carbocycles. The number of aliphatic hydroxyl groups excluding tert-OH is 1. The van der Waals surface area contributed by atoms with E-state index in [-0.39, 0.29) is 23.9 Å². The van der Waals surface area contributed by atoms with Gasteiger partial charge in [0.1, 0.15) is 12.2 Å². The van der Waals surface area contributed by atoms with Crippen molar-refractivity contribution in [3.63, 3.8) is 0 Å². The van der Waals surface area contributed by atoms with Crippen molar-refractivity contribution in [2.75, 3.05) is 13.2 Å². The second-order valence-corrected chi connectivity index (χ2v) is 10.8. The molecule has 2 aliphatic heterocycles. The minimum Gasteiger partial charge on any atom is -0.386 e. The van der Waals surface area contributed by atoms with Crippen LogP contribution in [0, 0.1) is 40.4 Å². The fourth-order valence-electron chi connectivity index (χ4n) is 8.30. The van der Waals surface area contributed by atoms with Crippen molar-refractivity contribution in [1.82, 2.24) is 0 Å². The molecule has 1 N–H and O–H groups in total. The van der Waals surface area contributed by atoms with E-state index in [0.717, 1.165) is 19.1 Å². The topological polar surface area (TPSA) is 51.2 Å². The molecule has 4 fully saturated rings. The van der Waals surface area contributed by atoms with Crippen LogP contribution in [0.5, 0.6) is 0 Å². The van der Waals surface area contributed by atoms with E-state index in [1.807, 2.05) is 0 Å². The van der Waals surface area contributed by atoms with Crippen molar-refractivity contribution in [2.45, 2.75) is 71.1 Å². The number of hydrogen-bond acceptors (Lipinski definition) is 4. The van der Waals surface area contributed by atoms with Gasteiger partial charge in [0.25, 0.3) is 0 Å². The Morgan fingerprint density at radius 2 is 1.89 bits per heavy atom. The predicted octanol–water partition coefficient (Wildman–Crippen LogP) is 3.70. The van der Waals surface area contributed by atoms with Crippen LogP contribution in [-0.2, 0) is 14.2 Å². The molecule has 0 amide bonds. The van der Waals surface area contributed by atoms with Crippen LogP contribution < -0.4 is 0 Å². The van der Waals surface area contributed by atoms with Gasteiger partial charge in [0.2, 0.25) is 0 Å². The molecular formula is C24H34O4. The summed E-state index contributed by atoms with van der Waals surface area (Å²) in [5.41, 5.74) is 1.77. The van der Waals surface area contributed by atoms with Gasteiger partial charge in [-0.1, -0.05) is 32.9 Å². The van der Waals surface area contributed by atoms with Crippen LogP contribution >= 0.6 is 0 Å². The van der Waals surface area contributed by atoms with Gasteiger partial charge < -0.3 is 19.3 Å². The summed E-state index contributed by atoms with van der Waals surface area (Å²) >= 11 is 0. The summed E-state index contributed by atoms with van der Waals surface area (Å²) in [5.74, 6) is 3.14. The van der Waals surface area contributed by atoms with Gasteiger partial charge in [0.05, 0.1) is 19.3 Å². The molecule has 0 radical (unpaired) electrons. The fraction of sp³-hybridized carbons (Fsp3) is 0.833. The highest BCUT2D eigenvalue weighted by Crippen LogP contribution is 2.68. The van der Waals surface area contributed by atoms with Crippen molar-refractivity contribution < 1.29 is 19.3 Å². The molecule has 0 spiro atoms. The number of allylic oxidation sites excluding steroid dienone is 2. The summed E-state index contributed by atoms with van der Waals surface area (Å²) in [4.78, 5) is 0. The van der Waals surface area contributed by atoms with E-state index < -0.39 is 6.10 Å². The highest BCUT2D eigenvalue weighted by molar-refractivity contribution is 5.41. The number of ether oxygens (including phenoxy) is 3. The number of aliphatic hydroxyl groups is 1. The number of hydrogen-bond donors (Lipinski definition) is 1. The Balaban J connectivity index is 1.31. The minimum atomic E-state index is -0.425. The fourth-order valence-corrected chi connectivity index (χ4v) is 8.30. The maximum Gasteiger partial charge on any atom is 0.160 e. The Morgan fingerprint density at radius 3 is 2.68 bits per heavy atom. The molecule has 2 saturated heterocycles. The monoisotopic (exact) mass is 386 g/mol. The van der Waals surface area contributed by atoms with Crippen molar-refractivity contribution >= 4 is 0 Å². The third-order valence-corrected chi connectivity index (χ3v) is 9.81. The number of epoxide rings is 1. The van der Waals surface area contributed by atoms with Crippen molar-refractivity contribution in [3.8, 4) is 0 Å². The van der Waals surface area contributed by atoms with Crippen molar-refractivity contribution in [3.05, 3.63) is 23.8 Å². The van der Waals surface area contributed by atoms with Crippen LogP contribution in [-0.4, -0.2) is 42.9 Å². The molecule has 154 valence electrons. The second kappa shape index (κ2) is 5.94. The van der Waals surface area contributed by atoms with Crippen molar-refractivity contribution in [2.24, 2.45) is 40.4 Å². The first kappa shape index (κ1) is 18.1. The summed E-state index contributed by atoms with van der Waals surface area (Å²) in [6.45, 7) is 8.81. The van der Waals surface area contributed by atoms with E-state index >= 15 is 0 Å². The quantitative estimate of drug-likeness (QED) is 0.735. The molecule has 6 aliphatic rings. The average Bonchev–Trinajstić information content (AvgIpc) is 3.17. The zero-order valence-corrected chi connectivity index (χ0v) is 17.3. The van der Waals surface area contributed by atoms with Gasteiger partial charge in [-0.3, -0.25) is 0 Å². The van der Waals surface area contributed by atoms with E-state index in [1.54, 1.807) is 0 Å². The van der Waals surface area contributed by atoms with E-state index in [4.69, 9.17) is 14.2 Å². The lowest BCUT2D eigenvalue weighted by molar-refractivity contribution is -0.119. The molecule has 4 aliphatic carbocycles. The summed E-state index contributed by atoms with van der Waals surface area (Å²) in [5, 5.41) is 10.3. The third-order valence-electron chi connectivity index (χ3n) is 9.81. The Hall–Kier alpha value is -0.680. The van der Waals surface area contributed by atoms with Gasteiger partial charge >= 0.3 is 0 Å². The molecule has 0 aromatic heterocycles. The van der Waals surface area contributed by atoms with Crippen LogP contribution in [0.4, 0.5) is 0 Å². The van der Waals surface area contributed by atoms with Crippen LogP contribution in [0.2, 0.25) is 0 Å². The van der Waals surface area contributed by atoms with Gasteiger partial charge in [-0.2, -0.15) is 0 Å². The molecule has 0 aromatic rings. The SMILES string of the molecule is CC(C1OCCO1)[C@H]1CC[C@H]2[C@@H]3C=CC4=CC(O)[C@@H]5O[C@@H]5[C@]4(C)[C@H]3CC[C@]12C. The highest BCUT2D eigenvalue weighted by Gasteiger charge is 2.66. The lowest BCUT2D eigenvalue weighted by Gasteiger charge is -2.56. The van der Waals surface area contributed by atoms with Crippen LogP contribution in [0.3, 0.4) is 0 Å². The van der Waals surface area contributed by atoms with Crippen molar-refractivity contribution in [1.29, 1.82) is 0 Å². The smallest absolute Gasteiger partial charge is 0.160 e. The number of fused-ring (bicyclic) bond motifs is 7. The number of rotatable bonds is 2. The first-order valence-corrected chi connectivity index (χ1v) is 11.4. The maximum absolute atomic E-state index is 10.3.